The number of nitrogens with one attached hydrogen (secondary N) is 1. The van der Waals surface area contributed by atoms with E-state index in [0.717, 1.165) is 19.5 Å². The molecular formula is C17H33N3O2. The van der Waals surface area contributed by atoms with Crippen molar-refractivity contribution in [2.24, 2.45) is 0 Å². The van der Waals surface area contributed by atoms with Crippen LogP contribution in [0.1, 0.15) is 53.9 Å². The van der Waals surface area contributed by atoms with E-state index in [0.29, 0.717) is 18.1 Å². The fraction of sp³-hybridized carbons (Fsp3) is 0.941. The van der Waals surface area contributed by atoms with Crippen LogP contribution in [0.4, 0.5) is 4.79 Å². The van der Waals surface area contributed by atoms with E-state index in [9.17, 15) is 4.79 Å². The first-order valence-electron chi connectivity index (χ1n) is 8.72. The zero-order valence-corrected chi connectivity index (χ0v) is 14.9. The number of hydrogen-bond donors (Lipinski definition) is 1. The number of rotatable bonds is 3. The lowest BCUT2D eigenvalue weighted by Gasteiger charge is -2.36. The maximum absolute atomic E-state index is 12.1. The second-order valence-electron chi connectivity index (χ2n) is 7.98. The van der Waals surface area contributed by atoms with E-state index in [4.69, 9.17) is 4.74 Å². The van der Waals surface area contributed by atoms with E-state index >= 15 is 0 Å². The summed E-state index contributed by atoms with van der Waals surface area (Å²) in [6.45, 7) is 14.2. The van der Waals surface area contributed by atoms with Crippen molar-refractivity contribution in [3.63, 3.8) is 0 Å². The molecule has 2 saturated heterocycles. The van der Waals surface area contributed by atoms with Crippen LogP contribution in [0.25, 0.3) is 0 Å². The van der Waals surface area contributed by atoms with Crippen LogP contribution in [0.2, 0.25) is 0 Å². The van der Waals surface area contributed by atoms with Crippen LogP contribution in [0.5, 0.6) is 0 Å². The van der Waals surface area contributed by atoms with E-state index in [1.165, 1.54) is 25.9 Å². The topological polar surface area (TPSA) is 44.8 Å². The third-order valence-electron chi connectivity index (χ3n) is 4.57. The Bertz CT molecular complexity index is 371. The lowest BCUT2D eigenvalue weighted by Crippen LogP contribution is -2.48. The first kappa shape index (κ1) is 17.5. The average molecular weight is 311 g/mol. The van der Waals surface area contributed by atoms with Crippen molar-refractivity contribution < 1.29 is 9.53 Å². The molecule has 0 radical (unpaired) electrons. The Kier molecular flexibility index (Phi) is 5.72. The molecule has 1 atom stereocenters. The van der Waals surface area contributed by atoms with Crippen LogP contribution < -0.4 is 5.32 Å². The minimum absolute atomic E-state index is 0.175. The number of carbonyl (C=O) groups excluding carboxylic acids is 1. The smallest absolute Gasteiger partial charge is 0.410 e. The molecule has 1 amide bonds. The number of carbonyl (C=O) groups is 1. The number of hydrogen-bond acceptors (Lipinski definition) is 4. The van der Waals surface area contributed by atoms with Crippen LogP contribution in [0.15, 0.2) is 0 Å². The third kappa shape index (κ3) is 5.13. The maximum atomic E-state index is 12.1. The molecule has 2 aliphatic heterocycles. The van der Waals surface area contributed by atoms with Crippen molar-refractivity contribution in [3.8, 4) is 0 Å². The molecule has 0 aliphatic carbocycles. The molecule has 22 heavy (non-hydrogen) atoms. The van der Waals surface area contributed by atoms with Gasteiger partial charge in [0.05, 0.1) is 0 Å². The van der Waals surface area contributed by atoms with Crippen molar-refractivity contribution >= 4 is 6.09 Å². The summed E-state index contributed by atoms with van der Waals surface area (Å²) in [5, 5.41) is 3.75. The Morgan fingerprint density at radius 3 is 2.23 bits per heavy atom. The van der Waals surface area contributed by atoms with Crippen LogP contribution in [0.3, 0.4) is 0 Å². The minimum atomic E-state index is -0.410. The van der Waals surface area contributed by atoms with Gasteiger partial charge in [-0.3, -0.25) is 0 Å². The van der Waals surface area contributed by atoms with Crippen molar-refractivity contribution in [1.82, 2.24) is 15.1 Å². The minimum Gasteiger partial charge on any atom is -0.444 e. The molecule has 0 aromatic rings. The molecule has 0 bridgehead atoms. The third-order valence-corrected chi connectivity index (χ3v) is 4.57. The van der Waals surface area contributed by atoms with Gasteiger partial charge in [0.15, 0.2) is 0 Å². The Morgan fingerprint density at radius 1 is 1.09 bits per heavy atom. The summed E-state index contributed by atoms with van der Waals surface area (Å²) in [5.74, 6) is 0. The van der Waals surface area contributed by atoms with Gasteiger partial charge in [-0.25, -0.2) is 4.79 Å². The van der Waals surface area contributed by atoms with Crippen LogP contribution in [-0.4, -0.2) is 65.8 Å². The first-order valence-corrected chi connectivity index (χ1v) is 8.72. The lowest BCUT2D eigenvalue weighted by atomic mass is 10.0. The molecule has 2 aliphatic rings. The molecule has 5 nitrogen and oxygen atoms in total. The van der Waals surface area contributed by atoms with Crippen LogP contribution in [0, 0.1) is 0 Å². The van der Waals surface area contributed by atoms with E-state index in [2.05, 4.69) is 24.1 Å². The molecule has 2 heterocycles. The normalized spacial score (nSPS) is 25.0. The molecule has 2 rings (SSSR count). The van der Waals surface area contributed by atoms with Crippen molar-refractivity contribution in [1.29, 1.82) is 0 Å². The standard InChI is InChI=1S/C17H33N3O2/c1-13(2)19-9-6-14(7-10-19)18-15-8-11-20(12-15)16(21)22-17(3,4)5/h13-15,18H,6-12H2,1-5H3. The van der Waals surface area contributed by atoms with Gasteiger partial charge in [0.2, 0.25) is 0 Å². The highest BCUT2D eigenvalue weighted by atomic mass is 16.6. The van der Waals surface area contributed by atoms with Gasteiger partial charge >= 0.3 is 6.09 Å². The molecule has 5 heteroatoms. The maximum Gasteiger partial charge on any atom is 0.410 e. The summed E-state index contributed by atoms with van der Waals surface area (Å²) in [4.78, 5) is 16.5. The van der Waals surface area contributed by atoms with Gasteiger partial charge in [-0.05, 0) is 67.0 Å². The first-order chi connectivity index (χ1) is 10.2. The predicted molar refractivity (Wildman–Crippen MR) is 89.1 cm³/mol. The average Bonchev–Trinajstić information content (AvgIpc) is 2.86. The number of likely N-dealkylation sites (tertiary alicyclic amines) is 2. The lowest BCUT2D eigenvalue weighted by molar-refractivity contribution is 0.0289. The van der Waals surface area contributed by atoms with Gasteiger partial charge < -0.3 is 19.9 Å². The number of nitrogens with zero attached hydrogens (tertiary/aromatic N) is 2. The Hall–Kier alpha value is -0.810. The van der Waals surface area contributed by atoms with Gasteiger partial charge in [0.1, 0.15) is 5.60 Å². The van der Waals surface area contributed by atoms with Crippen molar-refractivity contribution in [2.75, 3.05) is 26.2 Å². The van der Waals surface area contributed by atoms with Crippen molar-refractivity contribution in [3.05, 3.63) is 0 Å². The zero-order valence-electron chi connectivity index (χ0n) is 14.9. The van der Waals surface area contributed by atoms with Gasteiger partial charge in [-0.1, -0.05) is 0 Å². The summed E-state index contributed by atoms with van der Waals surface area (Å²) in [6.07, 6.45) is 3.28. The number of amides is 1. The summed E-state index contributed by atoms with van der Waals surface area (Å²) in [5.41, 5.74) is -0.410. The number of piperidine rings is 1. The molecule has 128 valence electrons. The summed E-state index contributed by atoms with van der Waals surface area (Å²) in [6, 6.07) is 1.66. The van der Waals surface area contributed by atoms with E-state index in [1.807, 2.05) is 25.7 Å². The molecule has 2 fully saturated rings. The van der Waals surface area contributed by atoms with Gasteiger partial charge in [0.25, 0.3) is 0 Å². The fourth-order valence-corrected chi connectivity index (χ4v) is 3.30. The Labute approximate surface area is 135 Å². The quantitative estimate of drug-likeness (QED) is 0.869. The molecule has 0 aromatic heterocycles. The molecule has 0 saturated carbocycles. The second kappa shape index (κ2) is 7.18. The highest BCUT2D eigenvalue weighted by Crippen LogP contribution is 2.18. The van der Waals surface area contributed by atoms with Crippen LogP contribution >= 0.6 is 0 Å². The highest BCUT2D eigenvalue weighted by molar-refractivity contribution is 5.68. The fourth-order valence-electron chi connectivity index (χ4n) is 3.30. The molecule has 0 aromatic carbocycles. The van der Waals surface area contributed by atoms with Gasteiger partial charge in [0, 0.05) is 31.2 Å². The van der Waals surface area contributed by atoms with E-state index in [-0.39, 0.29) is 6.09 Å². The van der Waals surface area contributed by atoms with Crippen LogP contribution in [-0.2, 0) is 4.74 Å². The van der Waals surface area contributed by atoms with Gasteiger partial charge in [-0.2, -0.15) is 0 Å². The summed E-state index contributed by atoms with van der Waals surface area (Å²) in [7, 11) is 0. The Morgan fingerprint density at radius 2 is 1.68 bits per heavy atom. The highest BCUT2D eigenvalue weighted by Gasteiger charge is 2.31. The van der Waals surface area contributed by atoms with E-state index < -0.39 is 5.60 Å². The predicted octanol–water partition coefficient (Wildman–Crippen LogP) is 2.46. The summed E-state index contributed by atoms with van der Waals surface area (Å²) >= 11 is 0. The molecule has 1 N–H and O–H groups in total. The largest absolute Gasteiger partial charge is 0.444 e. The van der Waals surface area contributed by atoms with E-state index in [1.54, 1.807) is 0 Å². The number of ether oxygens (including phenoxy) is 1. The SMILES string of the molecule is CC(C)N1CCC(NC2CCN(C(=O)OC(C)(C)C)C2)CC1. The monoisotopic (exact) mass is 311 g/mol. The molecule has 1 unspecified atom stereocenters. The molecular weight excluding hydrogens is 278 g/mol. The zero-order chi connectivity index (χ0) is 16.3. The second-order valence-corrected chi connectivity index (χ2v) is 7.98. The van der Waals surface area contributed by atoms with Gasteiger partial charge in [-0.15, -0.1) is 0 Å². The molecule has 0 spiro atoms. The summed E-state index contributed by atoms with van der Waals surface area (Å²) < 4.78 is 5.45. The van der Waals surface area contributed by atoms with Crippen molar-refractivity contribution in [2.45, 2.75) is 77.6 Å². The Balaban J connectivity index is 1.72.